The van der Waals surface area contributed by atoms with Gasteiger partial charge in [-0.3, -0.25) is 23.3 Å². The molecule has 3 heterocycles. The number of nitrogens with zero attached hydrogens (tertiary/aromatic N) is 5. The largest absolute Gasteiger partial charge is 0.342 e. The number of aromatic nitrogens is 4. The minimum absolute atomic E-state index is 0.00578. The van der Waals surface area contributed by atoms with Crippen molar-refractivity contribution in [1.29, 1.82) is 0 Å². The average Bonchev–Trinajstić information content (AvgIpc) is 3.10. The van der Waals surface area contributed by atoms with Crippen molar-refractivity contribution in [2.45, 2.75) is 26.3 Å². The van der Waals surface area contributed by atoms with E-state index < -0.39 is 11.2 Å². The van der Waals surface area contributed by atoms with Crippen molar-refractivity contribution in [3.8, 4) is 0 Å². The van der Waals surface area contributed by atoms with E-state index in [1.165, 1.54) is 11.6 Å². The van der Waals surface area contributed by atoms with Crippen molar-refractivity contribution in [3.05, 3.63) is 56.7 Å². The maximum Gasteiger partial charge on any atom is 0.332 e. The Balaban J connectivity index is 1.91. The molecule has 8 heteroatoms. The summed E-state index contributed by atoms with van der Waals surface area (Å²) >= 11 is 0. The first-order valence-corrected chi connectivity index (χ1v) is 9.88. The molecule has 0 spiro atoms. The number of aryl methyl sites for hydroxylation is 1. The lowest BCUT2D eigenvalue weighted by atomic mass is 10.0. The molecule has 0 N–H and O–H groups in total. The minimum atomic E-state index is -0.437. The highest BCUT2D eigenvalue weighted by Crippen LogP contribution is 2.25. The van der Waals surface area contributed by atoms with Crippen LogP contribution in [0.2, 0.25) is 0 Å². The van der Waals surface area contributed by atoms with Gasteiger partial charge in [-0.1, -0.05) is 37.3 Å². The fourth-order valence-electron chi connectivity index (χ4n) is 4.06. The summed E-state index contributed by atoms with van der Waals surface area (Å²) in [7, 11) is 3.05. The summed E-state index contributed by atoms with van der Waals surface area (Å²) in [6, 6.07) is 9.01. The molecule has 29 heavy (non-hydrogen) atoms. The molecule has 0 bridgehead atoms. The SMILES string of the molecule is C[C@H]1CCCN(c2nc3c(c(=O)n(C)c(=O)n3C)n2CC(=O)c2ccccc2)C1. The second kappa shape index (κ2) is 7.35. The van der Waals surface area contributed by atoms with E-state index in [-0.39, 0.29) is 17.8 Å². The first kappa shape index (κ1) is 19.2. The summed E-state index contributed by atoms with van der Waals surface area (Å²) in [6.07, 6.45) is 2.16. The van der Waals surface area contributed by atoms with Gasteiger partial charge in [-0.2, -0.15) is 4.98 Å². The van der Waals surface area contributed by atoms with Gasteiger partial charge >= 0.3 is 5.69 Å². The van der Waals surface area contributed by atoms with Gasteiger partial charge in [-0.05, 0) is 18.8 Å². The van der Waals surface area contributed by atoms with Crippen LogP contribution >= 0.6 is 0 Å². The molecule has 152 valence electrons. The van der Waals surface area contributed by atoms with Gasteiger partial charge in [0.1, 0.15) is 0 Å². The molecule has 0 radical (unpaired) electrons. The van der Waals surface area contributed by atoms with Crippen LogP contribution in [0, 0.1) is 5.92 Å². The highest BCUT2D eigenvalue weighted by molar-refractivity contribution is 5.96. The monoisotopic (exact) mass is 395 g/mol. The Morgan fingerprint density at radius 1 is 1.14 bits per heavy atom. The maximum atomic E-state index is 13.0. The molecule has 1 fully saturated rings. The van der Waals surface area contributed by atoms with Crippen LogP contribution in [-0.2, 0) is 20.6 Å². The normalized spacial score (nSPS) is 17.1. The smallest absolute Gasteiger partial charge is 0.332 e. The summed E-state index contributed by atoms with van der Waals surface area (Å²) in [6.45, 7) is 3.79. The van der Waals surface area contributed by atoms with Crippen LogP contribution < -0.4 is 16.1 Å². The van der Waals surface area contributed by atoms with E-state index >= 15 is 0 Å². The third-order valence-corrected chi connectivity index (χ3v) is 5.67. The van der Waals surface area contributed by atoms with Crippen LogP contribution in [0.5, 0.6) is 0 Å². The van der Waals surface area contributed by atoms with E-state index in [2.05, 4.69) is 16.8 Å². The van der Waals surface area contributed by atoms with Crippen molar-refractivity contribution in [3.63, 3.8) is 0 Å². The number of hydrogen-bond donors (Lipinski definition) is 0. The Morgan fingerprint density at radius 3 is 2.55 bits per heavy atom. The fourth-order valence-corrected chi connectivity index (χ4v) is 4.06. The number of ketones is 1. The topological polar surface area (TPSA) is 82.1 Å². The second-order valence-electron chi connectivity index (χ2n) is 7.86. The predicted molar refractivity (Wildman–Crippen MR) is 112 cm³/mol. The molecule has 4 rings (SSSR count). The van der Waals surface area contributed by atoms with Gasteiger partial charge in [0.25, 0.3) is 5.56 Å². The van der Waals surface area contributed by atoms with E-state index in [1.54, 1.807) is 23.7 Å². The molecule has 0 saturated carbocycles. The molecule has 1 saturated heterocycles. The number of anilines is 1. The number of fused-ring (bicyclic) bond motifs is 1. The van der Waals surface area contributed by atoms with Crippen molar-refractivity contribution in [1.82, 2.24) is 18.7 Å². The van der Waals surface area contributed by atoms with Crippen LogP contribution in [0.15, 0.2) is 39.9 Å². The van der Waals surface area contributed by atoms with Crippen molar-refractivity contribution < 1.29 is 4.79 Å². The van der Waals surface area contributed by atoms with Gasteiger partial charge in [-0.15, -0.1) is 0 Å². The van der Waals surface area contributed by atoms with Crippen molar-refractivity contribution in [2.24, 2.45) is 20.0 Å². The lowest BCUT2D eigenvalue weighted by molar-refractivity contribution is 0.0973. The molecule has 0 unspecified atom stereocenters. The Kier molecular flexibility index (Phi) is 4.86. The van der Waals surface area contributed by atoms with Gasteiger partial charge in [0.05, 0.1) is 6.54 Å². The van der Waals surface area contributed by atoms with E-state index in [4.69, 9.17) is 0 Å². The summed E-state index contributed by atoms with van der Waals surface area (Å²) in [4.78, 5) is 45.1. The van der Waals surface area contributed by atoms with E-state index in [1.807, 2.05) is 18.2 Å². The van der Waals surface area contributed by atoms with Crippen LogP contribution in [0.25, 0.3) is 11.2 Å². The van der Waals surface area contributed by atoms with Gasteiger partial charge in [0.15, 0.2) is 16.9 Å². The predicted octanol–water partition coefficient (Wildman–Crippen LogP) is 1.55. The molecule has 1 atom stereocenters. The van der Waals surface area contributed by atoms with Crippen LogP contribution in [0.1, 0.15) is 30.1 Å². The molecular weight excluding hydrogens is 370 g/mol. The molecule has 0 amide bonds. The van der Waals surface area contributed by atoms with Crippen LogP contribution in [0.4, 0.5) is 5.95 Å². The highest BCUT2D eigenvalue weighted by atomic mass is 16.2. The minimum Gasteiger partial charge on any atom is -0.342 e. The Hall–Kier alpha value is -3.16. The standard InChI is InChI=1S/C21H25N5O3/c1-14-8-7-11-25(12-14)20-22-18-17(19(28)24(3)21(29)23(18)2)26(20)13-16(27)15-9-5-4-6-10-15/h4-6,9-10,14H,7-8,11-13H2,1-3H3/t14-/m0/s1. The van der Waals surface area contributed by atoms with Gasteiger partial charge in [-0.25, -0.2) is 4.79 Å². The third kappa shape index (κ3) is 3.28. The van der Waals surface area contributed by atoms with E-state index in [9.17, 15) is 14.4 Å². The summed E-state index contributed by atoms with van der Waals surface area (Å²) in [5.41, 5.74) is 0.307. The molecule has 1 aliphatic rings. The van der Waals surface area contributed by atoms with Crippen LogP contribution in [0.3, 0.4) is 0 Å². The average molecular weight is 395 g/mol. The lowest BCUT2D eigenvalue weighted by Gasteiger charge is -2.32. The third-order valence-electron chi connectivity index (χ3n) is 5.67. The highest BCUT2D eigenvalue weighted by Gasteiger charge is 2.26. The molecule has 1 aromatic carbocycles. The second-order valence-corrected chi connectivity index (χ2v) is 7.86. The van der Waals surface area contributed by atoms with Gasteiger partial charge in [0.2, 0.25) is 5.95 Å². The molecule has 3 aromatic rings. The number of piperidine rings is 1. The van der Waals surface area contributed by atoms with E-state index in [0.717, 1.165) is 30.5 Å². The number of imidazole rings is 1. The number of carbonyl (C=O) groups is 1. The lowest BCUT2D eigenvalue weighted by Crippen LogP contribution is -2.38. The number of hydrogen-bond acceptors (Lipinski definition) is 5. The number of benzene rings is 1. The Bertz CT molecular complexity index is 1190. The van der Waals surface area contributed by atoms with E-state index in [0.29, 0.717) is 23.1 Å². The molecule has 1 aliphatic heterocycles. The quantitative estimate of drug-likeness (QED) is 0.626. The molecule has 2 aromatic heterocycles. The number of carbonyl (C=O) groups excluding carboxylic acids is 1. The summed E-state index contributed by atoms with van der Waals surface area (Å²) < 4.78 is 4.12. The first-order chi connectivity index (χ1) is 13.9. The van der Waals surface area contributed by atoms with Crippen LogP contribution in [-0.4, -0.2) is 37.6 Å². The molecular formula is C21H25N5O3. The molecule has 8 nitrogen and oxygen atoms in total. The van der Waals surface area contributed by atoms with Crippen molar-refractivity contribution in [2.75, 3.05) is 18.0 Å². The number of Topliss-reactive ketones (excluding diaryl/α,β-unsaturated/α-hetero) is 1. The zero-order valence-electron chi connectivity index (χ0n) is 17.0. The maximum absolute atomic E-state index is 13.0. The Morgan fingerprint density at radius 2 is 1.86 bits per heavy atom. The molecule has 0 aliphatic carbocycles. The summed E-state index contributed by atoms with van der Waals surface area (Å²) in [5.74, 6) is 0.967. The zero-order valence-corrected chi connectivity index (χ0v) is 17.0. The van der Waals surface area contributed by atoms with Gasteiger partial charge in [0, 0.05) is 32.7 Å². The Labute approximate surface area is 168 Å². The fraction of sp³-hybridized carbons (Fsp3) is 0.429. The van der Waals surface area contributed by atoms with Gasteiger partial charge < -0.3 is 4.90 Å². The zero-order chi connectivity index (χ0) is 20.7. The van der Waals surface area contributed by atoms with Crippen molar-refractivity contribution >= 4 is 22.9 Å². The number of rotatable bonds is 4. The summed E-state index contributed by atoms with van der Waals surface area (Å²) in [5, 5.41) is 0. The first-order valence-electron chi connectivity index (χ1n) is 9.88.